The van der Waals surface area contributed by atoms with Gasteiger partial charge in [-0.05, 0) is 13.8 Å². The average molecular weight is 187 g/mol. The molecule has 0 unspecified atom stereocenters. The number of hydrogen-bond donors (Lipinski definition) is 2. The van der Waals surface area contributed by atoms with Gasteiger partial charge in [0.25, 0.3) is 0 Å². The van der Waals surface area contributed by atoms with E-state index in [0.717, 1.165) is 39.3 Å². The Kier molecular flexibility index (Phi) is 4.66. The summed E-state index contributed by atoms with van der Waals surface area (Å²) < 4.78 is 0. The van der Waals surface area contributed by atoms with Gasteiger partial charge in [0.05, 0.1) is 0 Å². The fourth-order valence-corrected chi connectivity index (χ4v) is 1.44. The van der Waals surface area contributed by atoms with Gasteiger partial charge in [-0.15, -0.1) is 0 Å². The van der Waals surface area contributed by atoms with E-state index in [1.165, 1.54) is 5.06 Å². The first-order valence-corrected chi connectivity index (χ1v) is 5.08. The third-order valence-corrected chi connectivity index (χ3v) is 2.45. The fourth-order valence-electron chi connectivity index (χ4n) is 1.44. The van der Waals surface area contributed by atoms with Crippen molar-refractivity contribution in [2.75, 3.05) is 39.3 Å². The summed E-state index contributed by atoms with van der Waals surface area (Å²) in [5.41, 5.74) is 0. The molecular weight excluding hydrogens is 166 g/mol. The average Bonchev–Trinajstić information content (AvgIpc) is 2.15. The number of rotatable bonds is 4. The van der Waals surface area contributed by atoms with E-state index in [-0.39, 0.29) is 6.04 Å². The molecule has 4 nitrogen and oxygen atoms in total. The van der Waals surface area contributed by atoms with E-state index in [1.54, 1.807) is 0 Å². The van der Waals surface area contributed by atoms with Crippen LogP contribution < -0.4 is 5.32 Å². The quantitative estimate of drug-likeness (QED) is 0.607. The van der Waals surface area contributed by atoms with Crippen LogP contribution in [0.1, 0.15) is 13.8 Å². The van der Waals surface area contributed by atoms with Crippen molar-refractivity contribution >= 4 is 0 Å². The zero-order valence-electron chi connectivity index (χ0n) is 8.66. The Labute approximate surface area is 80.5 Å². The summed E-state index contributed by atoms with van der Waals surface area (Å²) in [6.45, 7) is 10.1. The molecule has 2 N–H and O–H groups in total. The summed E-state index contributed by atoms with van der Waals surface area (Å²) in [5.74, 6) is 0. The van der Waals surface area contributed by atoms with Gasteiger partial charge in [0.1, 0.15) is 0 Å². The monoisotopic (exact) mass is 187 g/mol. The van der Waals surface area contributed by atoms with Gasteiger partial charge in [0, 0.05) is 45.3 Å². The maximum Gasteiger partial charge on any atom is 0.0368 e. The smallest absolute Gasteiger partial charge is 0.0368 e. The first-order valence-electron chi connectivity index (χ1n) is 5.08. The fraction of sp³-hybridized carbons (Fsp3) is 1.00. The van der Waals surface area contributed by atoms with Crippen LogP contribution in [0.15, 0.2) is 0 Å². The molecule has 0 saturated carbocycles. The molecule has 0 amide bonds. The van der Waals surface area contributed by atoms with E-state index in [4.69, 9.17) is 0 Å². The molecule has 0 aliphatic carbocycles. The van der Waals surface area contributed by atoms with Crippen LogP contribution in [0.2, 0.25) is 0 Å². The Balaban J connectivity index is 2.10. The molecule has 1 aliphatic heterocycles. The van der Waals surface area contributed by atoms with Crippen molar-refractivity contribution in [1.82, 2.24) is 15.3 Å². The van der Waals surface area contributed by atoms with Gasteiger partial charge >= 0.3 is 0 Å². The molecule has 0 aromatic carbocycles. The third kappa shape index (κ3) is 4.04. The molecule has 0 atom stereocenters. The van der Waals surface area contributed by atoms with Crippen LogP contribution in [0.4, 0.5) is 0 Å². The van der Waals surface area contributed by atoms with Crippen LogP contribution in [-0.4, -0.2) is 60.5 Å². The van der Waals surface area contributed by atoms with E-state index in [9.17, 15) is 5.21 Å². The number of nitrogens with zero attached hydrogens (tertiary/aromatic N) is 2. The Morgan fingerprint density at radius 2 is 2.00 bits per heavy atom. The molecule has 1 fully saturated rings. The largest absolute Gasteiger partial charge is 0.314 e. The van der Waals surface area contributed by atoms with Crippen LogP contribution in [0.5, 0.6) is 0 Å². The van der Waals surface area contributed by atoms with Crippen molar-refractivity contribution in [3.63, 3.8) is 0 Å². The van der Waals surface area contributed by atoms with E-state index in [2.05, 4.69) is 10.2 Å². The number of piperazine rings is 1. The van der Waals surface area contributed by atoms with Crippen molar-refractivity contribution in [3.05, 3.63) is 0 Å². The number of hydrogen-bond acceptors (Lipinski definition) is 4. The highest BCUT2D eigenvalue weighted by Gasteiger charge is 2.11. The van der Waals surface area contributed by atoms with Gasteiger partial charge in [-0.25, -0.2) is 0 Å². The van der Waals surface area contributed by atoms with Gasteiger partial charge in [0.2, 0.25) is 0 Å². The standard InChI is InChI=1S/C9H21N3O/c1-9(2)12(13)8-7-11-5-3-10-4-6-11/h9-10,13H,3-8H2,1-2H3. The van der Waals surface area contributed by atoms with Crippen molar-refractivity contribution in [1.29, 1.82) is 0 Å². The molecule has 13 heavy (non-hydrogen) atoms. The Morgan fingerprint density at radius 1 is 1.38 bits per heavy atom. The van der Waals surface area contributed by atoms with Crippen LogP contribution >= 0.6 is 0 Å². The van der Waals surface area contributed by atoms with Crippen LogP contribution in [0, 0.1) is 0 Å². The van der Waals surface area contributed by atoms with Gasteiger partial charge in [-0.1, -0.05) is 0 Å². The zero-order chi connectivity index (χ0) is 9.68. The lowest BCUT2D eigenvalue weighted by Gasteiger charge is -2.29. The Hall–Kier alpha value is -0.160. The van der Waals surface area contributed by atoms with Gasteiger partial charge < -0.3 is 10.5 Å². The highest BCUT2D eigenvalue weighted by Crippen LogP contribution is 1.96. The van der Waals surface area contributed by atoms with Crippen LogP contribution in [0.25, 0.3) is 0 Å². The first kappa shape index (κ1) is 10.9. The molecule has 1 saturated heterocycles. The molecule has 0 aromatic heterocycles. The molecule has 78 valence electrons. The van der Waals surface area contributed by atoms with Crippen molar-refractivity contribution < 1.29 is 5.21 Å². The zero-order valence-corrected chi connectivity index (χ0v) is 8.66. The lowest BCUT2D eigenvalue weighted by molar-refractivity contribution is -0.120. The molecule has 0 aromatic rings. The molecule has 1 aliphatic rings. The third-order valence-electron chi connectivity index (χ3n) is 2.45. The minimum Gasteiger partial charge on any atom is -0.314 e. The van der Waals surface area contributed by atoms with Gasteiger partial charge in [-0.2, -0.15) is 5.06 Å². The summed E-state index contributed by atoms with van der Waals surface area (Å²) >= 11 is 0. The molecule has 0 radical (unpaired) electrons. The summed E-state index contributed by atoms with van der Waals surface area (Å²) in [7, 11) is 0. The maximum absolute atomic E-state index is 9.45. The van der Waals surface area contributed by atoms with Crippen molar-refractivity contribution in [2.24, 2.45) is 0 Å². The summed E-state index contributed by atoms with van der Waals surface area (Å²) in [6, 6.07) is 0.225. The molecule has 1 heterocycles. The van der Waals surface area contributed by atoms with Crippen LogP contribution in [0.3, 0.4) is 0 Å². The second-order valence-electron chi connectivity index (χ2n) is 3.85. The first-order chi connectivity index (χ1) is 6.20. The molecular formula is C9H21N3O. The van der Waals surface area contributed by atoms with Crippen molar-refractivity contribution in [3.8, 4) is 0 Å². The summed E-state index contributed by atoms with van der Waals surface area (Å²) in [6.07, 6.45) is 0. The van der Waals surface area contributed by atoms with Gasteiger partial charge in [0.15, 0.2) is 0 Å². The highest BCUT2D eigenvalue weighted by molar-refractivity contribution is 4.68. The molecule has 1 rings (SSSR count). The van der Waals surface area contributed by atoms with E-state index < -0.39 is 0 Å². The number of hydroxylamine groups is 2. The predicted octanol–water partition coefficient (Wildman–Crippen LogP) is -0.00880. The summed E-state index contributed by atoms with van der Waals surface area (Å²) in [5, 5.41) is 14.2. The van der Waals surface area contributed by atoms with E-state index >= 15 is 0 Å². The predicted molar refractivity (Wildman–Crippen MR) is 52.9 cm³/mol. The van der Waals surface area contributed by atoms with Crippen LogP contribution in [-0.2, 0) is 0 Å². The van der Waals surface area contributed by atoms with Crippen molar-refractivity contribution in [2.45, 2.75) is 19.9 Å². The molecule has 0 spiro atoms. The molecule has 0 bridgehead atoms. The lowest BCUT2D eigenvalue weighted by Crippen LogP contribution is -2.46. The second-order valence-corrected chi connectivity index (χ2v) is 3.85. The lowest BCUT2D eigenvalue weighted by atomic mass is 10.3. The molecule has 4 heteroatoms. The van der Waals surface area contributed by atoms with E-state index in [1.807, 2.05) is 13.8 Å². The topological polar surface area (TPSA) is 38.7 Å². The Morgan fingerprint density at radius 3 is 2.54 bits per heavy atom. The van der Waals surface area contributed by atoms with Gasteiger partial charge in [-0.3, -0.25) is 4.90 Å². The SMILES string of the molecule is CC(C)N(O)CCN1CCNCC1. The Bertz CT molecular complexity index is 135. The minimum atomic E-state index is 0.225. The summed E-state index contributed by atoms with van der Waals surface area (Å²) in [4.78, 5) is 2.38. The highest BCUT2D eigenvalue weighted by atomic mass is 16.5. The van der Waals surface area contributed by atoms with E-state index in [0.29, 0.717) is 0 Å². The maximum atomic E-state index is 9.45. The second kappa shape index (κ2) is 5.54. The minimum absolute atomic E-state index is 0.225. The number of nitrogens with one attached hydrogen (secondary N) is 1. The normalized spacial score (nSPS) is 20.1.